The molecule has 0 N–H and O–H groups in total. The van der Waals surface area contributed by atoms with E-state index in [2.05, 4.69) is 17.9 Å². The zero-order valence-corrected chi connectivity index (χ0v) is 12.9. The quantitative estimate of drug-likeness (QED) is 0.624. The lowest BCUT2D eigenvalue weighted by Gasteiger charge is -2.17. The summed E-state index contributed by atoms with van der Waals surface area (Å²) >= 11 is 0. The lowest BCUT2D eigenvalue weighted by Crippen LogP contribution is -1.99. The summed E-state index contributed by atoms with van der Waals surface area (Å²) in [6.45, 7) is 2.26. The highest BCUT2D eigenvalue weighted by atomic mass is 31.0. The standard InChI is InChI=1S/C16H28NP/c1-14-13-17-18-16(14)15-11-9-7-5-3-2-4-6-8-10-12-15/h13,15,18H,2-12H2,1H3. The molecule has 2 heteroatoms. The minimum Gasteiger partial charge on any atom is -0.248 e. The Morgan fingerprint density at radius 1 is 0.889 bits per heavy atom. The van der Waals surface area contributed by atoms with Gasteiger partial charge in [0.25, 0.3) is 0 Å². The van der Waals surface area contributed by atoms with Crippen molar-refractivity contribution in [3.63, 3.8) is 0 Å². The van der Waals surface area contributed by atoms with Crippen LogP contribution in [-0.4, -0.2) is 4.75 Å². The lowest BCUT2D eigenvalue weighted by molar-refractivity contribution is 0.470. The molecule has 0 radical (unpaired) electrons. The number of hydrogen-bond donors (Lipinski definition) is 0. The van der Waals surface area contributed by atoms with Gasteiger partial charge in [-0.1, -0.05) is 57.8 Å². The third kappa shape index (κ3) is 4.43. The van der Waals surface area contributed by atoms with Gasteiger partial charge in [0.1, 0.15) is 0 Å². The molecule has 1 saturated carbocycles. The fraction of sp³-hybridized carbons (Fsp3) is 0.812. The van der Waals surface area contributed by atoms with Crippen molar-refractivity contribution < 1.29 is 0 Å². The van der Waals surface area contributed by atoms with Crippen molar-refractivity contribution in [2.75, 3.05) is 0 Å². The lowest BCUT2D eigenvalue weighted by atomic mass is 9.90. The van der Waals surface area contributed by atoms with Gasteiger partial charge in [0, 0.05) is 6.20 Å². The highest BCUT2D eigenvalue weighted by Gasteiger charge is 2.15. The van der Waals surface area contributed by atoms with Gasteiger partial charge in [-0.2, -0.15) is 0 Å². The van der Waals surface area contributed by atoms with E-state index in [4.69, 9.17) is 0 Å². The zero-order chi connectivity index (χ0) is 12.6. The second-order valence-corrected chi connectivity index (χ2v) is 6.94. The first-order valence-electron chi connectivity index (χ1n) is 7.88. The van der Waals surface area contributed by atoms with Crippen LogP contribution in [-0.2, 0) is 0 Å². The summed E-state index contributed by atoms with van der Waals surface area (Å²) in [7, 11) is 0.748. The molecule has 0 spiro atoms. The summed E-state index contributed by atoms with van der Waals surface area (Å²) < 4.78 is 4.48. The summed E-state index contributed by atoms with van der Waals surface area (Å²) in [6, 6.07) is 0. The highest BCUT2D eigenvalue weighted by Crippen LogP contribution is 2.35. The van der Waals surface area contributed by atoms with Crippen molar-refractivity contribution in [3.05, 3.63) is 17.1 Å². The third-order valence-electron chi connectivity index (χ3n) is 4.38. The second kappa shape index (κ2) is 8.00. The monoisotopic (exact) mass is 265 g/mol. The predicted octanol–water partition coefficient (Wildman–Crippen LogP) is 5.81. The van der Waals surface area contributed by atoms with Crippen LogP contribution in [0.3, 0.4) is 0 Å². The number of aryl methyl sites for hydroxylation is 1. The first-order chi connectivity index (χ1) is 8.88. The van der Waals surface area contributed by atoms with Crippen molar-refractivity contribution in [1.82, 2.24) is 4.75 Å². The van der Waals surface area contributed by atoms with Gasteiger partial charge in [-0.3, -0.25) is 0 Å². The zero-order valence-electron chi connectivity index (χ0n) is 11.9. The summed E-state index contributed by atoms with van der Waals surface area (Å²) in [5.41, 5.74) is 1.48. The van der Waals surface area contributed by atoms with E-state index in [0.717, 1.165) is 14.3 Å². The highest BCUT2D eigenvalue weighted by molar-refractivity contribution is 7.26. The van der Waals surface area contributed by atoms with Crippen LogP contribution >= 0.6 is 8.35 Å². The van der Waals surface area contributed by atoms with E-state index in [0.29, 0.717) is 0 Å². The molecule has 0 aliphatic heterocycles. The average molecular weight is 265 g/mol. The van der Waals surface area contributed by atoms with E-state index < -0.39 is 0 Å². The Hall–Kier alpha value is -0.290. The topological polar surface area (TPSA) is 12.9 Å². The van der Waals surface area contributed by atoms with Crippen molar-refractivity contribution in [2.45, 2.75) is 83.5 Å². The van der Waals surface area contributed by atoms with Crippen molar-refractivity contribution in [1.29, 1.82) is 0 Å². The van der Waals surface area contributed by atoms with Gasteiger partial charge in [-0.05, 0) is 44.9 Å². The molecule has 0 saturated heterocycles. The maximum atomic E-state index is 4.48. The first kappa shape index (κ1) is 14.1. The van der Waals surface area contributed by atoms with Crippen molar-refractivity contribution >= 4 is 8.35 Å². The molecular weight excluding hydrogens is 237 g/mol. The molecule has 1 atom stereocenters. The molecule has 1 aromatic heterocycles. The molecule has 1 aliphatic carbocycles. The minimum atomic E-state index is 0.748. The second-order valence-electron chi connectivity index (χ2n) is 5.92. The Kier molecular flexibility index (Phi) is 6.28. The van der Waals surface area contributed by atoms with Gasteiger partial charge in [0.15, 0.2) is 0 Å². The molecule has 1 heterocycles. The van der Waals surface area contributed by atoms with Crippen LogP contribution in [0.5, 0.6) is 0 Å². The van der Waals surface area contributed by atoms with Crippen LogP contribution in [0.25, 0.3) is 0 Å². The number of rotatable bonds is 1. The van der Waals surface area contributed by atoms with Crippen LogP contribution in [0, 0.1) is 6.92 Å². The summed E-state index contributed by atoms with van der Waals surface area (Å²) in [6.07, 6.45) is 18.1. The molecule has 1 nitrogen and oxygen atoms in total. The van der Waals surface area contributed by atoms with Gasteiger partial charge in [0.05, 0.1) is 0 Å². The summed E-state index contributed by atoms with van der Waals surface area (Å²) in [5, 5.41) is 1.69. The predicted molar refractivity (Wildman–Crippen MR) is 82.0 cm³/mol. The summed E-state index contributed by atoms with van der Waals surface area (Å²) in [5.74, 6) is 0.852. The molecule has 2 rings (SSSR count). The molecule has 1 fully saturated rings. The Labute approximate surface area is 114 Å². The normalized spacial score (nSPS) is 21.6. The SMILES string of the molecule is Cc1cn[pH]c1C1CCCCCCCCCCC1. The van der Waals surface area contributed by atoms with Gasteiger partial charge in [-0.25, -0.2) is 4.75 Å². The number of hydrogen-bond acceptors (Lipinski definition) is 1. The average Bonchev–Trinajstić information content (AvgIpc) is 2.76. The Morgan fingerprint density at radius 3 is 1.83 bits per heavy atom. The van der Waals surface area contributed by atoms with Gasteiger partial charge >= 0.3 is 0 Å². The molecule has 1 aliphatic rings. The molecule has 0 amide bonds. The largest absolute Gasteiger partial charge is 0.248 e. The molecular formula is C16H28NP. The van der Waals surface area contributed by atoms with Crippen LogP contribution < -0.4 is 0 Å². The van der Waals surface area contributed by atoms with Crippen LogP contribution in [0.15, 0.2) is 6.20 Å². The van der Waals surface area contributed by atoms with Crippen LogP contribution in [0.1, 0.15) is 87.4 Å². The molecule has 0 aromatic carbocycles. The molecule has 18 heavy (non-hydrogen) atoms. The molecule has 102 valence electrons. The van der Waals surface area contributed by atoms with E-state index in [1.165, 1.54) is 76.2 Å². The fourth-order valence-electron chi connectivity index (χ4n) is 3.22. The molecule has 0 bridgehead atoms. The van der Waals surface area contributed by atoms with E-state index in [-0.39, 0.29) is 0 Å². The Morgan fingerprint density at radius 2 is 1.39 bits per heavy atom. The Balaban J connectivity index is 1.91. The summed E-state index contributed by atoms with van der Waals surface area (Å²) in [4.78, 5) is 0. The smallest absolute Gasteiger partial charge is 0.0342 e. The first-order valence-corrected chi connectivity index (χ1v) is 8.82. The van der Waals surface area contributed by atoms with Crippen LogP contribution in [0.2, 0.25) is 0 Å². The fourth-order valence-corrected chi connectivity index (χ4v) is 4.33. The minimum absolute atomic E-state index is 0.748. The van der Waals surface area contributed by atoms with Crippen molar-refractivity contribution in [2.24, 2.45) is 0 Å². The Bertz CT molecular complexity index is 320. The molecule has 1 aromatic rings. The third-order valence-corrected chi connectivity index (χ3v) is 5.68. The van der Waals surface area contributed by atoms with E-state index in [1.807, 2.05) is 0 Å². The van der Waals surface area contributed by atoms with Crippen LogP contribution in [0.4, 0.5) is 0 Å². The maximum absolute atomic E-state index is 4.48. The van der Waals surface area contributed by atoms with Gasteiger partial charge < -0.3 is 0 Å². The van der Waals surface area contributed by atoms with E-state index >= 15 is 0 Å². The number of nitrogens with zero attached hydrogens (tertiary/aromatic N) is 1. The number of aromatic nitrogens is 1. The van der Waals surface area contributed by atoms with E-state index in [1.54, 1.807) is 5.30 Å². The van der Waals surface area contributed by atoms with Gasteiger partial charge in [-0.15, -0.1) is 0 Å². The van der Waals surface area contributed by atoms with Crippen molar-refractivity contribution in [3.8, 4) is 0 Å². The molecule has 1 unspecified atom stereocenters. The van der Waals surface area contributed by atoms with Gasteiger partial charge in [0.2, 0.25) is 0 Å². The van der Waals surface area contributed by atoms with E-state index in [9.17, 15) is 0 Å². The maximum Gasteiger partial charge on any atom is 0.0342 e.